The van der Waals surface area contributed by atoms with Crippen LogP contribution < -0.4 is 5.32 Å². The minimum absolute atomic E-state index is 0.388. The molecule has 1 N–H and O–H groups in total. The summed E-state index contributed by atoms with van der Waals surface area (Å²) in [5, 5.41) is 3.47. The van der Waals surface area contributed by atoms with Gasteiger partial charge in [-0.2, -0.15) is 0 Å². The Morgan fingerprint density at radius 2 is 2.23 bits per heavy atom. The van der Waals surface area contributed by atoms with Gasteiger partial charge in [0.25, 0.3) is 0 Å². The Morgan fingerprint density at radius 1 is 1.41 bits per heavy atom. The molecule has 2 aliphatic rings. The molecule has 4 nitrogen and oxygen atoms in total. The van der Waals surface area contributed by atoms with Crippen molar-refractivity contribution < 1.29 is 4.79 Å². The molecule has 2 rings (SSSR count). The summed E-state index contributed by atoms with van der Waals surface area (Å²) in [6.45, 7) is 11.0. The topological polar surface area (TPSA) is 35.6 Å². The molecule has 4 heteroatoms. The summed E-state index contributed by atoms with van der Waals surface area (Å²) < 4.78 is 0. The second-order valence-corrected chi connectivity index (χ2v) is 7.54. The van der Waals surface area contributed by atoms with Gasteiger partial charge in [0.15, 0.2) is 0 Å². The lowest BCUT2D eigenvalue weighted by molar-refractivity contribution is -0.131. The van der Waals surface area contributed by atoms with E-state index in [0.717, 1.165) is 45.7 Å². The van der Waals surface area contributed by atoms with Gasteiger partial charge in [0.1, 0.15) is 0 Å². The number of rotatable bonds is 7. The SMILES string of the molecule is CCCN(C)CC1CCN(C(=O)CC(C)C2CCCNC2)C1. The van der Waals surface area contributed by atoms with Gasteiger partial charge in [-0.05, 0) is 70.1 Å². The van der Waals surface area contributed by atoms with Crippen molar-refractivity contribution in [3.8, 4) is 0 Å². The Kier molecular flexibility index (Phi) is 7.16. The third kappa shape index (κ3) is 5.24. The largest absolute Gasteiger partial charge is 0.342 e. The number of piperidine rings is 1. The molecule has 2 aliphatic heterocycles. The molecule has 1 amide bonds. The summed E-state index contributed by atoms with van der Waals surface area (Å²) in [5.74, 6) is 2.26. The molecule has 0 bridgehead atoms. The first kappa shape index (κ1) is 17.7. The lowest BCUT2D eigenvalue weighted by Gasteiger charge is -2.29. The Hall–Kier alpha value is -0.610. The minimum atomic E-state index is 0.388. The number of amides is 1. The van der Waals surface area contributed by atoms with Gasteiger partial charge in [-0.25, -0.2) is 0 Å². The first-order valence-electron chi connectivity index (χ1n) is 9.27. The zero-order chi connectivity index (χ0) is 15.9. The summed E-state index contributed by atoms with van der Waals surface area (Å²) in [6.07, 6.45) is 5.67. The van der Waals surface area contributed by atoms with Gasteiger partial charge in [0.2, 0.25) is 5.91 Å². The molecule has 0 saturated carbocycles. The quantitative estimate of drug-likeness (QED) is 0.783. The summed E-state index contributed by atoms with van der Waals surface area (Å²) in [7, 11) is 2.20. The van der Waals surface area contributed by atoms with Crippen LogP contribution in [0.4, 0.5) is 0 Å². The second-order valence-electron chi connectivity index (χ2n) is 7.54. The van der Waals surface area contributed by atoms with Crippen LogP contribution >= 0.6 is 0 Å². The van der Waals surface area contributed by atoms with E-state index in [1.807, 2.05) is 0 Å². The summed E-state index contributed by atoms with van der Waals surface area (Å²) >= 11 is 0. The minimum Gasteiger partial charge on any atom is -0.342 e. The molecule has 2 heterocycles. The van der Waals surface area contributed by atoms with Gasteiger partial charge in [-0.1, -0.05) is 13.8 Å². The lowest BCUT2D eigenvalue weighted by atomic mass is 9.85. The normalized spacial score (nSPS) is 27.4. The van der Waals surface area contributed by atoms with Crippen LogP contribution in [0, 0.1) is 17.8 Å². The van der Waals surface area contributed by atoms with Crippen molar-refractivity contribution in [1.82, 2.24) is 15.1 Å². The van der Waals surface area contributed by atoms with Gasteiger partial charge in [-0.15, -0.1) is 0 Å². The highest BCUT2D eigenvalue weighted by Crippen LogP contribution is 2.25. The molecule has 3 atom stereocenters. The van der Waals surface area contributed by atoms with Gasteiger partial charge in [-0.3, -0.25) is 4.79 Å². The van der Waals surface area contributed by atoms with Crippen LogP contribution in [0.5, 0.6) is 0 Å². The average Bonchev–Trinajstić information content (AvgIpc) is 2.97. The second kappa shape index (κ2) is 8.88. The van der Waals surface area contributed by atoms with Crippen molar-refractivity contribution in [2.24, 2.45) is 17.8 Å². The maximum absolute atomic E-state index is 12.5. The number of nitrogens with zero attached hydrogens (tertiary/aromatic N) is 2. The highest BCUT2D eigenvalue weighted by Gasteiger charge is 2.29. The molecule has 2 fully saturated rings. The highest BCUT2D eigenvalue weighted by atomic mass is 16.2. The van der Waals surface area contributed by atoms with E-state index < -0.39 is 0 Å². The highest BCUT2D eigenvalue weighted by molar-refractivity contribution is 5.76. The monoisotopic (exact) mass is 309 g/mol. The van der Waals surface area contributed by atoms with E-state index in [1.165, 1.54) is 25.7 Å². The van der Waals surface area contributed by atoms with Gasteiger partial charge < -0.3 is 15.1 Å². The number of hydrogen-bond acceptors (Lipinski definition) is 3. The molecular formula is C18H35N3O. The van der Waals surface area contributed by atoms with Gasteiger partial charge >= 0.3 is 0 Å². The molecule has 0 spiro atoms. The predicted octanol–water partition coefficient (Wildman–Crippen LogP) is 2.20. The molecule has 22 heavy (non-hydrogen) atoms. The Balaban J connectivity index is 1.71. The van der Waals surface area contributed by atoms with E-state index in [-0.39, 0.29) is 0 Å². The van der Waals surface area contributed by atoms with E-state index in [2.05, 4.69) is 36.0 Å². The number of hydrogen-bond donors (Lipinski definition) is 1. The molecule has 128 valence electrons. The molecule has 0 aliphatic carbocycles. The van der Waals surface area contributed by atoms with E-state index >= 15 is 0 Å². The van der Waals surface area contributed by atoms with Crippen molar-refractivity contribution in [2.75, 3.05) is 46.3 Å². The third-order valence-electron chi connectivity index (χ3n) is 5.45. The number of carbonyl (C=O) groups excluding carboxylic acids is 1. The Bertz CT molecular complexity index is 341. The fourth-order valence-corrected chi connectivity index (χ4v) is 4.06. The number of likely N-dealkylation sites (tertiary alicyclic amines) is 1. The maximum atomic E-state index is 12.5. The molecule has 2 saturated heterocycles. The third-order valence-corrected chi connectivity index (χ3v) is 5.45. The van der Waals surface area contributed by atoms with Crippen LogP contribution in [0.3, 0.4) is 0 Å². The fourth-order valence-electron chi connectivity index (χ4n) is 4.06. The maximum Gasteiger partial charge on any atom is 0.222 e. The first-order chi connectivity index (χ1) is 10.6. The van der Waals surface area contributed by atoms with E-state index in [1.54, 1.807) is 0 Å². The number of carbonyl (C=O) groups is 1. The van der Waals surface area contributed by atoms with Crippen molar-refractivity contribution in [3.63, 3.8) is 0 Å². The summed E-state index contributed by atoms with van der Waals surface area (Å²) in [6, 6.07) is 0. The van der Waals surface area contributed by atoms with Crippen LogP contribution in [0.25, 0.3) is 0 Å². The standard InChI is InChI=1S/C18H35N3O/c1-4-9-20(3)13-16-7-10-21(14-16)18(22)11-15(2)17-6-5-8-19-12-17/h15-17,19H,4-14H2,1-3H3. The van der Waals surface area contributed by atoms with Gasteiger partial charge in [0.05, 0.1) is 0 Å². The van der Waals surface area contributed by atoms with Crippen LogP contribution in [-0.2, 0) is 4.79 Å². The molecule has 3 unspecified atom stereocenters. The summed E-state index contributed by atoms with van der Waals surface area (Å²) in [4.78, 5) is 17.1. The smallest absolute Gasteiger partial charge is 0.222 e. The first-order valence-corrected chi connectivity index (χ1v) is 9.27. The number of nitrogens with one attached hydrogen (secondary N) is 1. The molecule has 0 aromatic rings. The van der Waals surface area contributed by atoms with E-state index in [0.29, 0.717) is 23.7 Å². The van der Waals surface area contributed by atoms with Crippen molar-refractivity contribution in [3.05, 3.63) is 0 Å². The zero-order valence-corrected chi connectivity index (χ0v) is 14.8. The Labute approximate surface area is 136 Å². The van der Waals surface area contributed by atoms with Crippen molar-refractivity contribution >= 4 is 5.91 Å². The fraction of sp³-hybridized carbons (Fsp3) is 0.944. The van der Waals surface area contributed by atoms with Gasteiger partial charge in [0, 0.05) is 26.1 Å². The van der Waals surface area contributed by atoms with E-state index in [4.69, 9.17) is 0 Å². The van der Waals surface area contributed by atoms with Crippen LogP contribution in [0.2, 0.25) is 0 Å². The van der Waals surface area contributed by atoms with E-state index in [9.17, 15) is 4.79 Å². The summed E-state index contributed by atoms with van der Waals surface area (Å²) in [5.41, 5.74) is 0. The lowest BCUT2D eigenvalue weighted by Crippen LogP contribution is -2.37. The predicted molar refractivity (Wildman–Crippen MR) is 91.8 cm³/mol. The zero-order valence-electron chi connectivity index (χ0n) is 14.8. The van der Waals surface area contributed by atoms with Crippen molar-refractivity contribution in [1.29, 1.82) is 0 Å². The molecule has 0 radical (unpaired) electrons. The Morgan fingerprint density at radius 3 is 2.91 bits per heavy atom. The molecular weight excluding hydrogens is 274 g/mol. The average molecular weight is 309 g/mol. The van der Waals surface area contributed by atoms with Crippen molar-refractivity contribution in [2.45, 2.75) is 46.0 Å². The van der Waals surface area contributed by atoms with Crippen LogP contribution in [0.1, 0.15) is 46.0 Å². The molecule has 0 aromatic carbocycles. The van der Waals surface area contributed by atoms with Crippen LogP contribution in [0.15, 0.2) is 0 Å². The van der Waals surface area contributed by atoms with Crippen LogP contribution in [-0.4, -0.2) is 62.0 Å². The molecule has 0 aromatic heterocycles.